The van der Waals surface area contributed by atoms with E-state index in [1.54, 1.807) is 6.20 Å². The Kier molecular flexibility index (Phi) is 3.28. The van der Waals surface area contributed by atoms with Crippen LogP contribution in [-0.2, 0) is 10.4 Å². The van der Waals surface area contributed by atoms with Crippen molar-refractivity contribution in [3.63, 3.8) is 0 Å². The van der Waals surface area contributed by atoms with Crippen molar-refractivity contribution in [2.75, 3.05) is 7.05 Å². The molecule has 0 bridgehead atoms. The van der Waals surface area contributed by atoms with Crippen LogP contribution < -0.4 is 0 Å². The molecule has 0 N–H and O–H groups in total. The Morgan fingerprint density at radius 3 is 2.60 bits per heavy atom. The van der Waals surface area contributed by atoms with Gasteiger partial charge in [0, 0.05) is 29.9 Å². The van der Waals surface area contributed by atoms with Crippen molar-refractivity contribution in [2.24, 2.45) is 0 Å². The van der Waals surface area contributed by atoms with Crippen LogP contribution in [0.1, 0.15) is 18.1 Å². The molecule has 4 heteroatoms. The molecular formula is C16H16N2OS. The lowest BCUT2D eigenvalue weighted by Gasteiger charge is -2.28. The Hall–Kier alpha value is -1.78. The van der Waals surface area contributed by atoms with Crippen molar-refractivity contribution >= 4 is 18.4 Å². The third-order valence-corrected chi connectivity index (χ3v) is 4.00. The second-order valence-electron chi connectivity index (χ2n) is 5.03. The van der Waals surface area contributed by atoms with E-state index in [2.05, 4.69) is 36.7 Å². The molecule has 1 unspecified atom stereocenters. The van der Waals surface area contributed by atoms with E-state index in [1.165, 1.54) is 0 Å². The maximum Gasteiger partial charge on any atom is 0.153 e. The first-order valence-electron chi connectivity index (χ1n) is 6.44. The quantitative estimate of drug-likeness (QED) is 0.855. The lowest BCUT2D eigenvalue weighted by molar-refractivity contribution is -0.105. The molecule has 1 atom stereocenters. The van der Waals surface area contributed by atoms with E-state index in [0.29, 0.717) is 0 Å². The highest BCUT2D eigenvalue weighted by Crippen LogP contribution is 2.39. The van der Waals surface area contributed by atoms with E-state index in [9.17, 15) is 0 Å². The van der Waals surface area contributed by atoms with Gasteiger partial charge in [0.2, 0.25) is 0 Å². The SMILES string of the molecule is CN1OC(c2ccc(S)cc2)=CC1(C)c1cccnc1. The normalized spacial score (nSPS) is 22.4. The largest absolute Gasteiger partial charge is 0.405 e. The molecule has 1 aromatic heterocycles. The summed E-state index contributed by atoms with van der Waals surface area (Å²) < 4.78 is 0. The third kappa shape index (κ3) is 2.21. The number of hydrogen-bond acceptors (Lipinski definition) is 4. The fourth-order valence-corrected chi connectivity index (χ4v) is 2.45. The molecule has 0 saturated carbocycles. The number of benzene rings is 1. The summed E-state index contributed by atoms with van der Waals surface area (Å²) in [7, 11) is 1.93. The molecule has 0 spiro atoms. The highest BCUT2D eigenvalue weighted by Gasteiger charge is 2.38. The van der Waals surface area contributed by atoms with E-state index in [-0.39, 0.29) is 5.54 Å². The van der Waals surface area contributed by atoms with E-state index in [1.807, 2.05) is 48.6 Å². The number of pyridine rings is 1. The highest BCUT2D eigenvalue weighted by molar-refractivity contribution is 7.80. The highest BCUT2D eigenvalue weighted by atomic mass is 32.1. The number of nitrogens with zero attached hydrogens (tertiary/aromatic N) is 2. The first kappa shape index (κ1) is 13.2. The minimum atomic E-state index is -0.316. The molecule has 20 heavy (non-hydrogen) atoms. The molecule has 3 nitrogen and oxygen atoms in total. The number of thiol groups is 1. The van der Waals surface area contributed by atoms with Crippen molar-refractivity contribution in [3.8, 4) is 0 Å². The summed E-state index contributed by atoms with van der Waals surface area (Å²) in [6, 6.07) is 11.9. The fourth-order valence-electron chi connectivity index (χ4n) is 2.30. The van der Waals surface area contributed by atoms with E-state index < -0.39 is 0 Å². The second kappa shape index (κ2) is 4.96. The summed E-state index contributed by atoms with van der Waals surface area (Å²) in [5, 5.41) is 1.86. The Balaban J connectivity index is 2.00. The molecule has 0 radical (unpaired) electrons. The van der Waals surface area contributed by atoms with Gasteiger partial charge in [-0.25, -0.2) is 0 Å². The Labute approximate surface area is 124 Å². The van der Waals surface area contributed by atoms with Crippen molar-refractivity contribution in [3.05, 3.63) is 66.0 Å². The minimum Gasteiger partial charge on any atom is -0.405 e. The van der Waals surface area contributed by atoms with Crippen molar-refractivity contribution in [1.82, 2.24) is 10.0 Å². The maximum absolute atomic E-state index is 5.90. The van der Waals surface area contributed by atoms with Gasteiger partial charge in [-0.15, -0.1) is 17.7 Å². The summed E-state index contributed by atoms with van der Waals surface area (Å²) in [4.78, 5) is 11.0. The summed E-state index contributed by atoms with van der Waals surface area (Å²) in [6.45, 7) is 2.12. The summed E-state index contributed by atoms with van der Waals surface area (Å²) >= 11 is 4.30. The average Bonchev–Trinajstić information content (AvgIpc) is 2.78. The van der Waals surface area contributed by atoms with Gasteiger partial charge < -0.3 is 4.84 Å². The van der Waals surface area contributed by atoms with Gasteiger partial charge in [-0.1, -0.05) is 18.2 Å². The van der Waals surface area contributed by atoms with Gasteiger partial charge in [-0.2, -0.15) is 0 Å². The third-order valence-electron chi connectivity index (χ3n) is 3.70. The molecule has 0 aliphatic carbocycles. The van der Waals surface area contributed by atoms with Gasteiger partial charge in [-0.05, 0) is 36.8 Å². The number of likely N-dealkylation sites (N-methyl/N-ethyl adjacent to an activating group) is 1. The van der Waals surface area contributed by atoms with Crippen LogP contribution in [0, 0.1) is 0 Å². The van der Waals surface area contributed by atoms with Gasteiger partial charge in [0.25, 0.3) is 0 Å². The smallest absolute Gasteiger partial charge is 0.153 e. The van der Waals surface area contributed by atoms with Gasteiger partial charge >= 0.3 is 0 Å². The van der Waals surface area contributed by atoms with E-state index >= 15 is 0 Å². The molecule has 102 valence electrons. The zero-order chi connectivity index (χ0) is 14.2. The molecule has 1 aliphatic heterocycles. The summed E-state index contributed by atoms with van der Waals surface area (Å²) in [5.74, 6) is 0.854. The Morgan fingerprint density at radius 2 is 1.95 bits per heavy atom. The van der Waals surface area contributed by atoms with Crippen molar-refractivity contribution in [1.29, 1.82) is 0 Å². The molecule has 0 fully saturated rings. The molecule has 2 heterocycles. The van der Waals surface area contributed by atoms with Crippen LogP contribution in [-0.4, -0.2) is 17.1 Å². The number of aromatic nitrogens is 1. The second-order valence-corrected chi connectivity index (χ2v) is 5.55. The van der Waals surface area contributed by atoms with Crippen LogP contribution in [0.3, 0.4) is 0 Å². The van der Waals surface area contributed by atoms with Crippen LogP contribution in [0.15, 0.2) is 59.8 Å². The molecular weight excluding hydrogens is 268 g/mol. The van der Waals surface area contributed by atoms with Crippen LogP contribution in [0.2, 0.25) is 0 Å². The minimum absolute atomic E-state index is 0.316. The van der Waals surface area contributed by atoms with Crippen LogP contribution in [0.4, 0.5) is 0 Å². The molecule has 1 aromatic carbocycles. The average molecular weight is 284 g/mol. The predicted molar refractivity (Wildman–Crippen MR) is 82.1 cm³/mol. The predicted octanol–water partition coefficient (Wildman–Crippen LogP) is 3.50. The number of hydrogen-bond donors (Lipinski definition) is 1. The van der Waals surface area contributed by atoms with E-state index in [0.717, 1.165) is 21.8 Å². The maximum atomic E-state index is 5.90. The van der Waals surface area contributed by atoms with Gasteiger partial charge in [0.05, 0.1) is 0 Å². The zero-order valence-electron chi connectivity index (χ0n) is 11.4. The monoisotopic (exact) mass is 284 g/mol. The molecule has 3 rings (SSSR count). The lowest BCUT2D eigenvalue weighted by atomic mass is 9.92. The molecule has 0 amide bonds. The first-order chi connectivity index (χ1) is 9.59. The number of hydroxylamine groups is 2. The zero-order valence-corrected chi connectivity index (χ0v) is 12.3. The Morgan fingerprint density at radius 1 is 1.20 bits per heavy atom. The van der Waals surface area contributed by atoms with Crippen LogP contribution in [0.5, 0.6) is 0 Å². The topological polar surface area (TPSA) is 25.4 Å². The lowest BCUT2D eigenvalue weighted by Crippen LogP contribution is -2.34. The number of rotatable bonds is 2. The fraction of sp³-hybridized carbons (Fsp3) is 0.188. The molecule has 0 saturated heterocycles. The van der Waals surface area contributed by atoms with Crippen molar-refractivity contribution < 1.29 is 4.84 Å². The van der Waals surface area contributed by atoms with Gasteiger partial charge in [0.1, 0.15) is 5.54 Å². The standard InChI is InChI=1S/C16H16N2OS/c1-16(13-4-3-9-17-11-13)10-15(19-18(16)2)12-5-7-14(20)8-6-12/h3-11,20H,1-2H3. The Bertz CT molecular complexity index is 639. The summed E-state index contributed by atoms with van der Waals surface area (Å²) in [5.41, 5.74) is 1.83. The van der Waals surface area contributed by atoms with Crippen molar-refractivity contribution in [2.45, 2.75) is 17.4 Å². The van der Waals surface area contributed by atoms with E-state index in [4.69, 9.17) is 4.84 Å². The molecule has 2 aromatic rings. The summed E-state index contributed by atoms with van der Waals surface area (Å²) in [6.07, 6.45) is 5.77. The first-order valence-corrected chi connectivity index (χ1v) is 6.89. The van der Waals surface area contributed by atoms with Crippen LogP contribution in [0.25, 0.3) is 5.76 Å². The van der Waals surface area contributed by atoms with Crippen LogP contribution >= 0.6 is 12.6 Å². The van der Waals surface area contributed by atoms with Gasteiger partial charge in [0.15, 0.2) is 5.76 Å². The molecule has 1 aliphatic rings. The van der Waals surface area contributed by atoms with Gasteiger partial charge in [-0.3, -0.25) is 4.98 Å².